The van der Waals surface area contributed by atoms with E-state index in [-0.39, 0.29) is 5.78 Å². The van der Waals surface area contributed by atoms with Gasteiger partial charge in [-0.25, -0.2) is 0 Å². The van der Waals surface area contributed by atoms with Crippen LogP contribution in [0, 0.1) is 13.8 Å². The smallest absolute Gasteiger partial charge is 0.137 e. The molecule has 0 atom stereocenters. The number of hydrogen-bond acceptors (Lipinski definition) is 2. The van der Waals surface area contributed by atoms with Crippen molar-refractivity contribution in [1.82, 2.24) is 0 Å². The summed E-state index contributed by atoms with van der Waals surface area (Å²) in [7, 11) is 0. The van der Waals surface area contributed by atoms with E-state index in [9.17, 15) is 4.79 Å². The maximum Gasteiger partial charge on any atom is 0.137 e. The van der Waals surface area contributed by atoms with Gasteiger partial charge < -0.3 is 4.42 Å². The quantitative estimate of drug-likeness (QED) is 0.801. The fourth-order valence-corrected chi connectivity index (χ4v) is 1.95. The van der Waals surface area contributed by atoms with Crippen molar-refractivity contribution in [1.29, 1.82) is 0 Å². The van der Waals surface area contributed by atoms with Crippen molar-refractivity contribution in [2.75, 3.05) is 0 Å². The summed E-state index contributed by atoms with van der Waals surface area (Å²) in [6.07, 6.45) is 0.366. The summed E-state index contributed by atoms with van der Waals surface area (Å²) in [6, 6.07) is 10.0. The molecule has 1 heterocycles. The molecular formula is C15H16O2. The van der Waals surface area contributed by atoms with Crippen molar-refractivity contribution >= 4 is 5.78 Å². The van der Waals surface area contributed by atoms with E-state index in [0.717, 1.165) is 17.1 Å². The summed E-state index contributed by atoms with van der Waals surface area (Å²) in [5.74, 6) is 1.68. The molecule has 0 saturated carbocycles. The Bertz CT molecular complexity index is 550. The molecule has 0 radical (unpaired) electrons. The Balaban J connectivity index is 2.33. The van der Waals surface area contributed by atoms with Crippen molar-refractivity contribution in [3.8, 4) is 11.3 Å². The Morgan fingerprint density at radius 1 is 1.18 bits per heavy atom. The zero-order chi connectivity index (χ0) is 12.4. The summed E-state index contributed by atoms with van der Waals surface area (Å²) in [5, 5.41) is 0. The van der Waals surface area contributed by atoms with E-state index in [0.29, 0.717) is 6.42 Å². The number of aryl methyl sites for hydroxylation is 2. The van der Waals surface area contributed by atoms with E-state index < -0.39 is 0 Å². The number of carbonyl (C=O) groups excluding carboxylic acids is 1. The molecule has 17 heavy (non-hydrogen) atoms. The second-order valence-corrected chi connectivity index (χ2v) is 4.46. The molecule has 0 aliphatic rings. The van der Waals surface area contributed by atoms with Gasteiger partial charge in [0.05, 0.1) is 6.42 Å². The standard InChI is InChI=1S/C15H16O2/c1-10-4-6-14(11(2)8-10)15-7-5-13(17-15)9-12(3)16/h4-8H,9H2,1-3H3. The van der Waals surface area contributed by atoms with Gasteiger partial charge in [-0.2, -0.15) is 0 Å². The molecule has 2 aromatic rings. The largest absolute Gasteiger partial charge is 0.461 e. The average Bonchev–Trinajstić information content (AvgIpc) is 2.65. The van der Waals surface area contributed by atoms with Gasteiger partial charge in [0, 0.05) is 5.56 Å². The van der Waals surface area contributed by atoms with Crippen LogP contribution >= 0.6 is 0 Å². The van der Waals surface area contributed by atoms with Gasteiger partial charge in [0.25, 0.3) is 0 Å². The van der Waals surface area contributed by atoms with Gasteiger partial charge in [0.1, 0.15) is 17.3 Å². The van der Waals surface area contributed by atoms with Gasteiger partial charge in [0.2, 0.25) is 0 Å². The maximum atomic E-state index is 11.0. The van der Waals surface area contributed by atoms with E-state index >= 15 is 0 Å². The highest BCUT2D eigenvalue weighted by atomic mass is 16.3. The van der Waals surface area contributed by atoms with E-state index in [4.69, 9.17) is 4.42 Å². The summed E-state index contributed by atoms with van der Waals surface area (Å²) in [5.41, 5.74) is 3.51. The number of furan rings is 1. The third-order valence-corrected chi connectivity index (χ3v) is 2.73. The van der Waals surface area contributed by atoms with Gasteiger partial charge in [0.15, 0.2) is 0 Å². The van der Waals surface area contributed by atoms with Crippen LogP contribution in [0.1, 0.15) is 23.8 Å². The molecule has 0 saturated heterocycles. The van der Waals surface area contributed by atoms with Crippen molar-refractivity contribution in [3.63, 3.8) is 0 Å². The number of Topliss-reactive ketones (excluding diaryl/α,β-unsaturated/α-hetero) is 1. The molecule has 2 heteroatoms. The van der Waals surface area contributed by atoms with Gasteiger partial charge in [-0.15, -0.1) is 0 Å². The predicted molar refractivity (Wildman–Crippen MR) is 68.0 cm³/mol. The van der Waals surface area contributed by atoms with Crippen LogP contribution in [0.2, 0.25) is 0 Å². The normalized spacial score (nSPS) is 10.5. The molecule has 2 nitrogen and oxygen atoms in total. The number of rotatable bonds is 3. The molecule has 0 amide bonds. The van der Waals surface area contributed by atoms with E-state index in [1.54, 1.807) is 6.92 Å². The first-order valence-corrected chi connectivity index (χ1v) is 5.72. The lowest BCUT2D eigenvalue weighted by Crippen LogP contribution is -1.93. The minimum absolute atomic E-state index is 0.117. The molecule has 1 aromatic carbocycles. The highest BCUT2D eigenvalue weighted by Gasteiger charge is 2.08. The molecular weight excluding hydrogens is 212 g/mol. The number of hydrogen-bond donors (Lipinski definition) is 0. The molecule has 0 spiro atoms. The lowest BCUT2D eigenvalue weighted by Gasteiger charge is -2.03. The third-order valence-electron chi connectivity index (χ3n) is 2.73. The minimum atomic E-state index is 0.117. The first-order chi connectivity index (χ1) is 8.06. The van der Waals surface area contributed by atoms with Crippen LogP contribution in [0.25, 0.3) is 11.3 Å². The van der Waals surface area contributed by atoms with Crippen molar-refractivity contribution in [3.05, 3.63) is 47.2 Å². The number of carbonyl (C=O) groups is 1. The number of ketones is 1. The monoisotopic (exact) mass is 228 g/mol. The molecule has 0 unspecified atom stereocenters. The van der Waals surface area contributed by atoms with Gasteiger partial charge in [-0.3, -0.25) is 4.79 Å². The molecule has 0 fully saturated rings. The Morgan fingerprint density at radius 2 is 1.94 bits per heavy atom. The van der Waals surface area contributed by atoms with Gasteiger partial charge >= 0.3 is 0 Å². The first-order valence-electron chi connectivity index (χ1n) is 5.72. The summed E-state index contributed by atoms with van der Waals surface area (Å²) < 4.78 is 5.68. The van der Waals surface area contributed by atoms with Gasteiger partial charge in [-0.1, -0.05) is 23.8 Å². The van der Waals surface area contributed by atoms with Crippen LogP contribution in [-0.2, 0) is 11.2 Å². The second kappa shape index (κ2) is 4.58. The highest BCUT2D eigenvalue weighted by molar-refractivity contribution is 5.77. The van der Waals surface area contributed by atoms with E-state index in [2.05, 4.69) is 32.0 Å². The molecule has 0 N–H and O–H groups in total. The van der Waals surface area contributed by atoms with Crippen molar-refractivity contribution in [2.45, 2.75) is 27.2 Å². The Hall–Kier alpha value is -1.83. The van der Waals surface area contributed by atoms with Crippen LogP contribution < -0.4 is 0 Å². The molecule has 88 valence electrons. The lowest BCUT2D eigenvalue weighted by molar-refractivity contribution is -0.116. The van der Waals surface area contributed by atoms with Crippen LogP contribution in [0.5, 0.6) is 0 Å². The SMILES string of the molecule is CC(=O)Cc1ccc(-c2ccc(C)cc2C)o1. The summed E-state index contributed by atoms with van der Waals surface area (Å²) in [6.45, 7) is 5.70. The van der Waals surface area contributed by atoms with Crippen LogP contribution in [0.4, 0.5) is 0 Å². The summed E-state index contributed by atoms with van der Waals surface area (Å²) in [4.78, 5) is 11.0. The topological polar surface area (TPSA) is 30.2 Å². The van der Waals surface area contributed by atoms with Crippen LogP contribution in [0.3, 0.4) is 0 Å². The maximum absolute atomic E-state index is 11.0. The predicted octanol–water partition coefficient (Wildman–Crippen LogP) is 3.69. The van der Waals surface area contributed by atoms with Gasteiger partial charge in [-0.05, 0) is 38.5 Å². The minimum Gasteiger partial charge on any atom is -0.461 e. The molecule has 1 aromatic heterocycles. The molecule has 2 rings (SSSR count). The highest BCUT2D eigenvalue weighted by Crippen LogP contribution is 2.26. The Morgan fingerprint density at radius 3 is 2.59 bits per heavy atom. The zero-order valence-electron chi connectivity index (χ0n) is 10.4. The average molecular weight is 228 g/mol. The number of benzene rings is 1. The summed E-state index contributed by atoms with van der Waals surface area (Å²) >= 11 is 0. The second-order valence-electron chi connectivity index (χ2n) is 4.46. The molecule has 0 bridgehead atoms. The lowest BCUT2D eigenvalue weighted by atomic mass is 10.0. The third kappa shape index (κ3) is 2.64. The molecule has 0 aliphatic heterocycles. The van der Waals surface area contributed by atoms with Crippen LogP contribution in [-0.4, -0.2) is 5.78 Å². The Labute approximate surface area is 101 Å². The van der Waals surface area contributed by atoms with Crippen LogP contribution in [0.15, 0.2) is 34.7 Å². The Kier molecular flexibility index (Phi) is 3.14. The van der Waals surface area contributed by atoms with E-state index in [1.165, 1.54) is 11.1 Å². The van der Waals surface area contributed by atoms with Crippen molar-refractivity contribution in [2.24, 2.45) is 0 Å². The van der Waals surface area contributed by atoms with E-state index in [1.807, 2.05) is 12.1 Å². The fourth-order valence-electron chi connectivity index (χ4n) is 1.95. The van der Waals surface area contributed by atoms with Crippen molar-refractivity contribution < 1.29 is 9.21 Å². The first kappa shape index (κ1) is 11.6. The zero-order valence-corrected chi connectivity index (χ0v) is 10.4. The fraction of sp³-hybridized carbons (Fsp3) is 0.267. The molecule has 0 aliphatic carbocycles.